The van der Waals surface area contributed by atoms with Gasteiger partial charge in [0.2, 0.25) is 0 Å². The summed E-state index contributed by atoms with van der Waals surface area (Å²) in [5, 5.41) is 7.60. The van der Waals surface area contributed by atoms with Gasteiger partial charge in [-0.15, -0.1) is 0 Å². The van der Waals surface area contributed by atoms with Gasteiger partial charge in [0.25, 0.3) is 0 Å². The molecule has 1 heterocycles. The SMILES string of the molecule is CC(Cn1cccn1)Nc1ccc(Br)cc1C(N)=S. The Kier molecular flexibility index (Phi) is 4.55. The van der Waals surface area contributed by atoms with Crippen LogP contribution in [0.2, 0.25) is 0 Å². The summed E-state index contributed by atoms with van der Waals surface area (Å²) in [6, 6.07) is 7.98. The minimum absolute atomic E-state index is 0.217. The number of benzene rings is 1. The van der Waals surface area contributed by atoms with E-state index in [1.54, 1.807) is 6.20 Å². The lowest BCUT2D eigenvalue weighted by atomic mass is 10.1. The number of anilines is 1. The van der Waals surface area contributed by atoms with E-state index in [2.05, 4.69) is 33.3 Å². The average Bonchev–Trinajstić information content (AvgIpc) is 2.83. The van der Waals surface area contributed by atoms with Crippen LogP contribution in [0.15, 0.2) is 41.1 Å². The van der Waals surface area contributed by atoms with E-state index >= 15 is 0 Å². The fourth-order valence-electron chi connectivity index (χ4n) is 1.85. The smallest absolute Gasteiger partial charge is 0.106 e. The predicted octanol–water partition coefficient (Wildman–Crippen LogP) is 2.78. The Morgan fingerprint density at radius 1 is 1.58 bits per heavy atom. The van der Waals surface area contributed by atoms with Crippen LogP contribution in [0.25, 0.3) is 0 Å². The van der Waals surface area contributed by atoms with Crippen molar-refractivity contribution < 1.29 is 0 Å². The molecule has 0 bridgehead atoms. The molecule has 0 saturated carbocycles. The second-order valence-corrected chi connectivity index (χ2v) is 5.68. The molecule has 1 aromatic heterocycles. The molecule has 1 aromatic carbocycles. The number of nitrogens with one attached hydrogen (secondary N) is 1. The van der Waals surface area contributed by atoms with Gasteiger partial charge in [0.15, 0.2) is 0 Å². The van der Waals surface area contributed by atoms with E-state index in [1.807, 2.05) is 35.1 Å². The van der Waals surface area contributed by atoms with Gasteiger partial charge in [-0.25, -0.2) is 0 Å². The largest absolute Gasteiger partial charge is 0.389 e. The van der Waals surface area contributed by atoms with Gasteiger partial charge >= 0.3 is 0 Å². The van der Waals surface area contributed by atoms with Gasteiger partial charge in [-0.3, -0.25) is 4.68 Å². The maximum absolute atomic E-state index is 5.75. The van der Waals surface area contributed by atoms with Crippen LogP contribution in [0.4, 0.5) is 5.69 Å². The summed E-state index contributed by atoms with van der Waals surface area (Å²) in [5.74, 6) is 0. The molecule has 0 aliphatic rings. The molecule has 1 atom stereocenters. The van der Waals surface area contributed by atoms with Crippen molar-refractivity contribution in [3.63, 3.8) is 0 Å². The Bertz CT molecular complexity index is 568. The van der Waals surface area contributed by atoms with E-state index < -0.39 is 0 Å². The van der Waals surface area contributed by atoms with Crippen molar-refractivity contribution in [3.05, 3.63) is 46.7 Å². The van der Waals surface area contributed by atoms with E-state index in [1.165, 1.54) is 0 Å². The third-order valence-corrected chi connectivity index (χ3v) is 3.38. The summed E-state index contributed by atoms with van der Waals surface area (Å²) >= 11 is 8.50. The Morgan fingerprint density at radius 3 is 3.00 bits per heavy atom. The van der Waals surface area contributed by atoms with E-state index in [0.717, 1.165) is 22.3 Å². The second-order valence-electron chi connectivity index (χ2n) is 4.33. The normalized spacial score (nSPS) is 12.1. The van der Waals surface area contributed by atoms with Crippen LogP contribution in [-0.2, 0) is 6.54 Å². The van der Waals surface area contributed by atoms with Crippen molar-refractivity contribution in [1.29, 1.82) is 0 Å². The molecular weight excluding hydrogens is 324 g/mol. The molecule has 2 rings (SSSR count). The maximum Gasteiger partial charge on any atom is 0.106 e. The molecule has 2 aromatic rings. The third-order valence-electron chi connectivity index (χ3n) is 2.67. The minimum Gasteiger partial charge on any atom is -0.389 e. The number of hydrogen-bond donors (Lipinski definition) is 2. The number of rotatable bonds is 5. The molecule has 1 unspecified atom stereocenters. The summed E-state index contributed by atoms with van der Waals surface area (Å²) in [6.07, 6.45) is 3.71. The molecule has 3 N–H and O–H groups in total. The number of nitrogens with two attached hydrogens (primary N) is 1. The van der Waals surface area contributed by atoms with Crippen LogP contribution in [0, 0.1) is 0 Å². The number of aromatic nitrogens is 2. The molecule has 6 heteroatoms. The molecular formula is C13H15BrN4S. The average molecular weight is 339 g/mol. The quantitative estimate of drug-likeness (QED) is 0.823. The van der Waals surface area contributed by atoms with Gasteiger partial charge in [-0.1, -0.05) is 28.1 Å². The lowest BCUT2D eigenvalue weighted by Gasteiger charge is -2.18. The molecule has 0 amide bonds. The lowest BCUT2D eigenvalue weighted by Crippen LogP contribution is -2.24. The number of nitrogens with zero attached hydrogens (tertiary/aromatic N) is 2. The number of halogens is 1. The van der Waals surface area contributed by atoms with Gasteiger partial charge in [-0.05, 0) is 31.2 Å². The fraction of sp³-hybridized carbons (Fsp3) is 0.231. The van der Waals surface area contributed by atoms with Gasteiger partial charge in [0.05, 0.1) is 6.54 Å². The summed E-state index contributed by atoms with van der Waals surface area (Å²) in [7, 11) is 0. The standard InChI is InChI=1S/C13H15BrN4S/c1-9(8-18-6-2-5-16-18)17-12-4-3-10(14)7-11(12)13(15)19/h2-7,9,17H,8H2,1H3,(H2,15,19). The Hall–Kier alpha value is -1.40. The first kappa shape index (κ1) is 14.0. The van der Waals surface area contributed by atoms with Crippen LogP contribution >= 0.6 is 28.1 Å². The van der Waals surface area contributed by atoms with Gasteiger partial charge in [-0.2, -0.15) is 5.10 Å². The van der Waals surface area contributed by atoms with E-state index in [4.69, 9.17) is 18.0 Å². The van der Waals surface area contributed by atoms with Crippen LogP contribution in [0.5, 0.6) is 0 Å². The van der Waals surface area contributed by atoms with Gasteiger partial charge in [0, 0.05) is 34.2 Å². The predicted molar refractivity (Wildman–Crippen MR) is 85.3 cm³/mol. The van der Waals surface area contributed by atoms with Crippen LogP contribution in [0.1, 0.15) is 12.5 Å². The molecule has 19 heavy (non-hydrogen) atoms. The summed E-state index contributed by atoms with van der Waals surface area (Å²) < 4.78 is 2.84. The Morgan fingerprint density at radius 2 is 2.37 bits per heavy atom. The van der Waals surface area contributed by atoms with Crippen LogP contribution in [-0.4, -0.2) is 20.8 Å². The second kappa shape index (κ2) is 6.16. The highest BCUT2D eigenvalue weighted by Crippen LogP contribution is 2.22. The number of thiocarbonyl (C=S) groups is 1. The van der Waals surface area contributed by atoms with Crippen molar-refractivity contribution >= 4 is 38.8 Å². The first-order valence-corrected chi connectivity index (χ1v) is 7.09. The van der Waals surface area contributed by atoms with E-state index in [-0.39, 0.29) is 6.04 Å². The summed E-state index contributed by atoms with van der Waals surface area (Å²) in [5.41, 5.74) is 7.53. The van der Waals surface area contributed by atoms with Gasteiger partial charge < -0.3 is 11.1 Å². The van der Waals surface area contributed by atoms with Crippen LogP contribution < -0.4 is 11.1 Å². The summed E-state index contributed by atoms with van der Waals surface area (Å²) in [6.45, 7) is 2.87. The van der Waals surface area contributed by atoms with Crippen molar-refractivity contribution in [2.24, 2.45) is 5.73 Å². The van der Waals surface area contributed by atoms with E-state index in [9.17, 15) is 0 Å². The monoisotopic (exact) mass is 338 g/mol. The molecule has 0 aliphatic heterocycles. The Balaban J connectivity index is 2.12. The zero-order valence-corrected chi connectivity index (χ0v) is 12.9. The van der Waals surface area contributed by atoms with Crippen molar-refractivity contribution in [1.82, 2.24) is 9.78 Å². The topological polar surface area (TPSA) is 55.9 Å². The lowest BCUT2D eigenvalue weighted by molar-refractivity contribution is 0.561. The number of hydrogen-bond acceptors (Lipinski definition) is 3. The molecule has 0 spiro atoms. The molecule has 0 saturated heterocycles. The maximum atomic E-state index is 5.75. The fourth-order valence-corrected chi connectivity index (χ4v) is 2.38. The van der Waals surface area contributed by atoms with Crippen LogP contribution in [0.3, 0.4) is 0 Å². The van der Waals surface area contributed by atoms with Crippen molar-refractivity contribution in [2.75, 3.05) is 5.32 Å². The zero-order chi connectivity index (χ0) is 13.8. The highest BCUT2D eigenvalue weighted by molar-refractivity contribution is 9.10. The van der Waals surface area contributed by atoms with Crippen molar-refractivity contribution in [3.8, 4) is 0 Å². The Labute approximate surface area is 126 Å². The highest BCUT2D eigenvalue weighted by Gasteiger charge is 2.09. The minimum atomic E-state index is 0.217. The zero-order valence-electron chi connectivity index (χ0n) is 10.5. The third kappa shape index (κ3) is 3.78. The molecule has 0 fully saturated rings. The molecule has 100 valence electrons. The molecule has 4 nitrogen and oxygen atoms in total. The highest BCUT2D eigenvalue weighted by atomic mass is 79.9. The van der Waals surface area contributed by atoms with E-state index in [0.29, 0.717) is 4.99 Å². The first-order valence-electron chi connectivity index (χ1n) is 5.89. The molecule has 0 radical (unpaired) electrons. The van der Waals surface area contributed by atoms with Crippen molar-refractivity contribution in [2.45, 2.75) is 19.5 Å². The summed E-state index contributed by atoms with van der Waals surface area (Å²) in [4.78, 5) is 0.384. The molecule has 0 aliphatic carbocycles. The first-order chi connectivity index (χ1) is 9.06. The van der Waals surface area contributed by atoms with Gasteiger partial charge in [0.1, 0.15) is 4.99 Å².